The molecule has 4 nitrogen and oxygen atoms in total. The first-order valence-corrected chi connectivity index (χ1v) is 9.20. The molecule has 1 unspecified atom stereocenters. The fourth-order valence-electron chi connectivity index (χ4n) is 3.60. The van der Waals surface area contributed by atoms with Crippen LogP contribution in [0.2, 0.25) is 0 Å². The van der Waals surface area contributed by atoms with Crippen molar-refractivity contribution in [2.75, 3.05) is 6.54 Å². The molecule has 2 rings (SSSR count). The zero-order chi connectivity index (χ0) is 19.3. The minimum Gasteiger partial charge on any atom is -0.465 e. The van der Waals surface area contributed by atoms with Gasteiger partial charge in [0.15, 0.2) is 5.78 Å². The highest BCUT2D eigenvalue weighted by atomic mass is 16.4. The number of ketones is 1. The minimum atomic E-state index is -1.11. The highest BCUT2D eigenvalue weighted by molar-refractivity contribution is 5.98. The summed E-state index contributed by atoms with van der Waals surface area (Å²) in [4.78, 5) is 23.1. The zero-order valence-corrected chi connectivity index (χ0v) is 16.1. The number of Topliss-reactive ketones (excluding diaryl/α,β-unsaturated/α-hetero) is 1. The SMILES string of the molecule is CC1=C(C=Cc2cccc(C(=O)C(C)CNC(=O)O)c2)C(C)(C)CCC1. The van der Waals surface area contributed by atoms with E-state index in [9.17, 15) is 9.59 Å². The fourth-order valence-corrected chi connectivity index (χ4v) is 3.60. The van der Waals surface area contributed by atoms with Gasteiger partial charge >= 0.3 is 6.09 Å². The van der Waals surface area contributed by atoms with Crippen molar-refractivity contribution in [3.63, 3.8) is 0 Å². The van der Waals surface area contributed by atoms with Crippen LogP contribution in [0.15, 0.2) is 41.5 Å². The van der Waals surface area contributed by atoms with Crippen LogP contribution >= 0.6 is 0 Å². The summed E-state index contributed by atoms with van der Waals surface area (Å²) in [7, 11) is 0. The van der Waals surface area contributed by atoms with Gasteiger partial charge in [-0.25, -0.2) is 4.79 Å². The number of carbonyl (C=O) groups is 2. The highest BCUT2D eigenvalue weighted by Gasteiger charge is 2.26. The van der Waals surface area contributed by atoms with Gasteiger partial charge in [0.05, 0.1) is 0 Å². The molecule has 140 valence electrons. The molecule has 0 heterocycles. The number of carboxylic acid groups (broad SMARTS) is 1. The summed E-state index contributed by atoms with van der Waals surface area (Å²) in [5.74, 6) is -0.449. The van der Waals surface area contributed by atoms with E-state index < -0.39 is 12.0 Å². The lowest BCUT2D eigenvalue weighted by Crippen LogP contribution is -2.30. The van der Waals surface area contributed by atoms with Gasteiger partial charge in [0, 0.05) is 18.0 Å². The van der Waals surface area contributed by atoms with Gasteiger partial charge in [-0.2, -0.15) is 0 Å². The maximum Gasteiger partial charge on any atom is 0.404 e. The molecule has 1 atom stereocenters. The third-order valence-electron chi connectivity index (χ3n) is 5.16. The third kappa shape index (κ3) is 5.07. The fraction of sp³-hybridized carbons (Fsp3) is 0.455. The Labute approximate surface area is 156 Å². The van der Waals surface area contributed by atoms with Crippen molar-refractivity contribution in [3.05, 3.63) is 52.6 Å². The summed E-state index contributed by atoms with van der Waals surface area (Å²) in [5.41, 5.74) is 4.61. The van der Waals surface area contributed by atoms with Gasteiger partial charge in [0.25, 0.3) is 0 Å². The summed E-state index contributed by atoms with van der Waals surface area (Å²) < 4.78 is 0. The molecule has 1 aliphatic rings. The molecule has 0 fully saturated rings. The average Bonchev–Trinajstić information content (AvgIpc) is 2.58. The summed E-state index contributed by atoms with van der Waals surface area (Å²) in [5, 5.41) is 10.9. The number of rotatable bonds is 6. The van der Waals surface area contributed by atoms with Crippen molar-refractivity contribution in [1.29, 1.82) is 0 Å². The first-order chi connectivity index (χ1) is 12.2. The van der Waals surface area contributed by atoms with E-state index in [4.69, 9.17) is 5.11 Å². The number of allylic oxidation sites excluding steroid dienone is 3. The highest BCUT2D eigenvalue weighted by Crippen LogP contribution is 2.40. The standard InChI is InChI=1S/C22H29NO3/c1-15-7-6-12-22(3,4)19(15)11-10-17-8-5-9-18(13-17)20(24)16(2)14-23-21(25)26/h5,8-11,13,16,23H,6-7,12,14H2,1-4H3,(H,25,26). The molecule has 0 aliphatic heterocycles. The van der Waals surface area contributed by atoms with E-state index in [1.807, 2.05) is 18.2 Å². The minimum absolute atomic E-state index is 0.0533. The summed E-state index contributed by atoms with van der Waals surface area (Å²) in [6.45, 7) is 8.63. The van der Waals surface area contributed by atoms with E-state index in [1.165, 1.54) is 24.0 Å². The molecule has 0 saturated heterocycles. The molecule has 2 N–H and O–H groups in total. The Bertz CT molecular complexity index is 744. The van der Waals surface area contributed by atoms with E-state index in [0.717, 1.165) is 12.0 Å². The Morgan fingerprint density at radius 3 is 2.69 bits per heavy atom. The topological polar surface area (TPSA) is 66.4 Å². The Morgan fingerprint density at radius 2 is 2.04 bits per heavy atom. The van der Waals surface area contributed by atoms with Gasteiger partial charge in [-0.15, -0.1) is 0 Å². The van der Waals surface area contributed by atoms with Crippen LogP contribution in [0.1, 0.15) is 62.9 Å². The van der Waals surface area contributed by atoms with Crippen molar-refractivity contribution in [2.45, 2.75) is 47.0 Å². The number of nitrogens with one attached hydrogen (secondary N) is 1. The first-order valence-electron chi connectivity index (χ1n) is 9.20. The second-order valence-corrected chi connectivity index (χ2v) is 7.84. The molecule has 0 saturated carbocycles. The lowest BCUT2D eigenvalue weighted by molar-refractivity contribution is 0.0929. The molecule has 0 aromatic heterocycles. The molecule has 0 bridgehead atoms. The largest absolute Gasteiger partial charge is 0.465 e. The van der Waals surface area contributed by atoms with Gasteiger partial charge in [0.2, 0.25) is 0 Å². The van der Waals surface area contributed by atoms with E-state index in [-0.39, 0.29) is 17.7 Å². The molecular weight excluding hydrogens is 326 g/mol. The Kier molecular flexibility index (Phi) is 6.41. The zero-order valence-electron chi connectivity index (χ0n) is 16.1. The molecular formula is C22H29NO3. The first kappa shape index (κ1) is 20.0. The van der Waals surface area contributed by atoms with Crippen molar-refractivity contribution >= 4 is 18.0 Å². The predicted octanol–water partition coefficient (Wildman–Crippen LogP) is 5.31. The van der Waals surface area contributed by atoms with Crippen LogP contribution in [-0.4, -0.2) is 23.5 Å². The summed E-state index contributed by atoms with van der Waals surface area (Å²) in [6, 6.07) is 7.52. The van der Waals surface area contributed by atoms with E-state index >= 15 is 0 Å². The van der Waals surface area contributed by atoms with E-state index in [0.29, 0.717) is 5.56 Å². The second-order valence-electron chi connectivity index (χ2n) is 7.84. The molecule has 1 aliphatic carbocycles. The molecule has 0 radical (unpaired) electrons. The quantitative estimate of drug-likeness (QED) is 0.679. The van der Waals surface area contributed by atoms with Crippen LogP contribution in [0.25, 0.3) is 6.08 Å². The van der Waals surface area contributed by atoms with Crippen molar-refractivity contribution in [1.82, 2.24) is 5.32 Å². The second kappa shape index (κ2) is 8.35. The lowest BCUT2D eigenvalue weighted by Gasteiger charge is -2.32. The average molecular weight is 355 g/mol. The van der Waals surface area contributed by atoms with Gasteiger partial charge in [0.1, 0.15) is 0 Å². The maximum atomic E-state index is 12.5. The summed E-state index contributed by atoms with van der Waals surface area (Å²) >= 11 is 0. The monoisotopic (exact) mass is 355 g/mol. The van der Waals surface area contributed by atoms with E-state index in [1.54, 1.807) is 13.0 Å². The molecule has 26 heavy (non-hydrogen) atoms. The van der Waals surface area contributed by atoms with Crippen molar-refractivity contribution < 1.29 is 14.7 Å². The van der Waals surface area contributed by atoms with Gasteiger partial charge in [-0.3, -0.25) is 4.79 Å². The molecule has 1 amide bonds. The smallest absolute Gasteiger partial charge is 0.404 e. The molecule has 1 aromatic rings. The maximum absolute atomic E-state index is 12.5. The lowest BCUT2D eigenvalue weighted by atomic mass is 9.72. The number of amides is 1. The van der Waals surface area contributed by atoms with Crippen molar-refractivity contribution in [2.24, 2.45) is 11.3 Å². The van der Waals surface area contributed by atoms with Gasteiger partial charge in [-0.1, -0.05) is 56.7 Å². The predicted molar refractivity (Wildman–Crippen MR) is 105 cm³/mol. The van der Waals surface area contributed by atoms with Crippen LogP contribution < -0.4 is 5.32 Å². The number of hydrogen-bond acceptors (Lipinski definition) is 2. The normalized spacial score (nSPS) is 18.0. The Hall–Kier alpha value is -2.36. The Balaban J connectivity index is 2.16. The third-order valence-corrected chi connectivity index (χ3v) is 5.16. The molecule has 4 heteroatoms. The van der Waals surface area contributed by atoms with Crippen LogP contribution in [0.5, 0.6) is 0 Å². The van der Waals surface area contributed by atoms with E-state index in [2.05, 4.69) is 38.2 Å². The molecule has 0 spiro atoms. The Morgan fingerprint density at radius 1 is 1.31 bits per heavy atom. The summed E-state index contributed by atoms with van der Waals surface area (Å²) in [6.07, 6.45) is 6.73. The number of carbonyl (C=O) groups excluding carboxylic acids is 1. The van der Waals surface area contributed by atoms with Crippen molar-refractivity contribution in [3.8, 4) is 0 Å². The molecule has 1 aromatic carbocycles. The number of benzene rings is 1. The number of hydrogen-bond donors (Lipinski definition) is 2. The van der Waals surface area contributed by atoms with Crippen LogP contribution in [0.4, 0.5) is 4.79 Å². The van der Waals surface area contributed by atoms with Crippen LogP contribution in [-0.2, 0) is 0 Å². The van der Waals surface area contributed by atoms with Crippen LogP contribution in [0.3, 0.4) is 0 Å². The van der Waals surface area contributed by atoms with Gasteiger partial charge < -0.3 is 10.4 Å². The van der Waals surface area contributed by atoms with Crippen LogP contribution in [0, 0.1) is 11.3 Å². The van der Waals surface area contributed by atoms with Gasteiger partial charge in [-0.05, 0) is 48.8 Å².